The van der Waals surface area contributed by atoms with Crippen LogP contribution in [-0.4, -0.2) is 38.9 Å². The molecule has 0 bridgehead atoms. The first kappa shape index (κ1) is 23.7. The second-order valence-corrected chi connectivity index (χ2v) is 8.59. The first-order valence-electron chi connectivity index (χ1n) is 10.6. The average Bonchev–Trinajstić information content (AvgIpc) is 3.44. The van der Waals surface area contributed by atoms with E-state index in [0.29, 0.717) is 24.5 Å². The molecular formula is C24H29BrN4O3. The maximum absolute atomic E-state index is 13.4. The summed E-state index contributed by atoms with van der Waals surface area (Å²) in [7, 11) is 1.95. The molecule has 0 aliphatic rings. The number of nitrogens with zero attached hydrogens (tertiary/aromatic N) is 3. The van der Waals surface area contributed by atoms with Crippen LogP contribution in [0.15, 0.2) is 69.9 Å². The number of rotatable bonds is 9. The zero-order valence-corrected chi connectivity index (χ0v) is 20.2. The van der Waals surface area contributed by atoms with E-state index in [2.05, 4.69) is 21.2 Å². The third-order valence-corrected chi connectivity index (χ3v) is 6.18. The van der Waals surface area contributed by atoms with E-state index in [4.69, 9.17) is 4.42 Å². The molecule has 1 N–H and O–H groups in total. The number of para-hydroxylation sites is 1. The van der Waals surface area contributed by atoms with Gasteiger partial charge in [-0.1, -0.05) is 19.1 Å². The molecule has 0 saturated carbocycles. The molecular weight excluding hydrogens is 472 g/mol. The number of urea groups is 1. The molecule has 0 radical (unpaired) electrons. The zero-order chi connectivity index (χ0) is 23.1. The van der Waals surface area contributed by atoms with Crippen molar-refractivity contribution in [2.45, 2.75) is 39.4 Å². The monoisotopic (exact) mass is 500 g/mol. The maximum atomic E-state index is 13.4. The van der Waals surface area contributed by atoms with Gasteiger partial charge in [-0.15, -0.1) is 0 Å². The molecule has 2 heterocycles. The van der Waals surface area contributed by atoms with E-state index >= 15 is 0 Å². The van der Waals surface area contributed by atoms with E-state index in [-0.39, 0.29) is 24.5 Å². The number of hydrogen-bond acceptors (Lipinski definition) is 3. The van der Waals surface area contributed by atoms with Crippen LogP contribution in [0.3, 0.4) is 0 Å². The summed E-state index contributed by atoms with van der Waals surface area (Å²) in [5.74, 6) is 0.547. The summed E-state index contributed by atoms with van der Waals surface area (Å²) in [4.78, 5) is 29.8. The van der Waals surface area contributed by atoms with Gasteiger partial charge in [0.2, 0.25) is 5.91 Å². The molecule has 32 heavy (non-hydrogen) atoms. The number of carbonyl (C=O) groups excluding carboxylic acids is 2. The summed E-state index contributed by atoms with van der Waals surface area (Å²) >= 11 is 3.45. The van der Waals surface area contributed by atoms with Crippen molar-refractivity contribution in [3.8, 4) is 0 Å². The molecule has 3 aromatic rings. The molecule has 3 rings (SSSR count). The highest BCUT2D eigenvalue weighted by Crippen LogP contribution is 2.22. The van der Waals surface area contributed by atoms with Crippen LogP contribution in [0, 0.1) is 0 Å². The van der Waals surface area contributed by atoms with Crippen LogP contribution in [0.4, 0.5) is 10.5 Å². The Morgan fingerprint density at radius 2 is 1.91 bits per heavy atom. The lowest BCUT2D eigenvalue weighted by atomic mass is 10.2. The summed E-state index contributed by atoms with van der Waals surface area (Å²) in [6, 6.07) is 14.6. The van der Waals surface area contributed by atoms with Crippen molar-refractivity contribution in [1.29, 1.82) is 0 Å². The highest BCUT2D eigenvalue weighted by atomic mass is 79.9. The van der Waals surface area contributed by atoms with Crippen molar-refractivity contribution in [2.24, 2.45) is 7.05 Å². The lowest BCUT2D eigenvalue weighted by Gasteiger charge is -2.31. The number of hydrogen-bond donors (Lipinski definition) is 1. The number of amides is 3. The third-order valence-electron chi connectivity index (χ3n) is 5.49. The molecule has 170 valence electrons. The lowest BCUT2D eigenvalue weighted by Crippen LogP contribution is -2.48. The Kier molecular flexibility index (Phi) is 8.16. The SMILES string of the molecule is CCC(C)N(CC(=O)N(Cc1ccco1)Cc1cccn1C)C(=O)Nc1ccccc1Br. The number of benzene rings is 1. The standard InChI is InChI=1S/C24H29BrN4O3/c1-4-18(2)29(24(31)26-22-12-6-5-11-21(22)25)17-23(30)28(16-20-10-8-14-32-20)15-19-9-7-13-27(19)3/h5-14,18H,4,15-17H2,1-3H3,(H,26,31). The predicted molar refractivity (Wildman–Crippen MR) is 128 cm³/mol. The molecule has 1 atom stereocenters. The minimum atomic E-state index is -0.309. The molecule has 7 nitrogen and oxygen atoms in total. The van der Waals surface area contributed by atoms with E-state index in [1.54, 1.807) is 22.1 Å². The normalized spacial score (nSPS) is 11.8. The third kappa shape index (κ3) is 6.03. The Labute approximate surface area is 197 Å². The van der Waals surface area contributed by atoms with Crippen LogP contribution in [0.1, 0.15) is 31.7 Å². The van der Waals surface area contributed by atoms with Crippen LogP contribution < -0.4 is 5.32 Å². The maximum Gasteiger partial charge on any atom is 0.322 e. The van der Waals surface area contributed by atoms with Gasteiger partial charge >= 0.3 is 6.03 Å². The van der Waals surface area contributed by atoms with Gasteiger partial charge in [-0.2, -0.15) is 0 Å². The molecule has 0 fully saturated rings. The van der Waals surface area contributed by atoms with Gasteiger partial charge in [0.05, 0.1) is 25.0 Å². The first-order valence-corrected chi connectivity index (χ1v) is 11.4. The zero-order valence-electron chi connectivity index (χ0n) is 18.6. The van der Waals surface area contributed by atoms with Crippen LogP contribution in [0.25, 0.3) is 0 Å². The minimum Gasteiger partial charge on any atom is -0.467 e. The first-order chi connectivity index (χ1) is 15.4. The van der Waals surface area contributed by atoms with E-state index in [1.807, 2.05) is 74.1 Å². The van der Waals surface area contributed by atoms with Gasteiger partial charge in [-0.25, -0.2) is 4.79 Å². The fourth-order valence-electron chi connectivity index (χ4n) is 3.32. The van der Waals surface area contributed by atoms with Gasteiger partial charge in [-0.3, -0.25) is 4.79 Å². The Morgan fingerprint density at radius 1 is 1.12 bits per heavy atom. The summed E-state index contributed by atoms with van der Waals surface area (Å²) in [5, 5.41) is 2.92. The van der Waals surface area contributed by atoms with E-state index in [9.17, 15) is 9.59 Å². The Balaban J connectivity index is 1.78. The topological polar surface area (TPSA) is 70.7 Å². The van der Waals surface area contributed by atoms with Gasteiger partial charge in [-0.05, 0) is 65.7 Å². The number of halogens is 1. The Bertz CT molecular complexity index is 1030. The van der Waals surface area contributed by atoms with Gasteiger partial charge in [0.25, 0.3) is 0 Å². The van der Waals surface area contributed by atoms with Gasteiger partial charge in [0, 0.05) is 29.5 Å². The summed E-state index contributed by atoms with van der Waals surface area (Å²) in [6.45, 7) is 4.66. The minimum absolute atomic E-state index is 0.0313. The number of aromatic nitrogens is 1. The number of nitrogens with one attached hydrogen (secondary N) is 1. The Hall–Kier alpha value is -3.00. The quantitative estimate of drug-likeness (QED) is 0.436. The summed E-state index contributed by atoms with van der Waals surface area (Å²) in [5.41, 5.74) is 1.66. The second kappa shape index (κ2) is 11.0. The van der Waals surface area contributed by atoms with Gasteiger partial charge in [0.1, 0.15) is 12.3 Å². The van der Waals surface area contributed by atoms with Crippen LogP contribution in [-0.2, 0) is 24.9 Å². The molecule has 8 heteroatoms. The van der Waals surface area contributed by atoms with E-state index < -0.39 is 0 Å². The highest BCUT2D eigenvalue weighted by Gasteiger charge is 2.26. The lowest BCUT2D eigenvalue weighted by molar-refractivity contribution is -0.133. The number of aryl methyl sites for hydroxylation is 1. The van der Waals surface area contributed by atoms with Crippen LogP contribution in [0.2, 0.25) is 0 Å². The summed E-state index contributed by atoms with van der Waals surface area (Å²) in [6.07, 6.45) is 4.27. The van der Waals surface area contributed by atoms with Crippen LogP contribution in [0.5, 0.6) is 0 Å². The molecule has 2 aromatic heterocycles. The largest absolute Gasteiger partial charge is 0.467 e. The fraction of sp³-hybridized carbons (Fsp3) is 0.333. The number of carbonyl (C=O) groups is 2. The smallest absolute Gasteiger partial charge is 0.322 e. The van der Waals surface area contributed by atoms with Crippen molar-refractivity contribution in [3.63, 3.8) is 0 Å². The van der Waals surface area contributed by atoms with Gasteiger partial charge in [0.15, 0.2) is 0 Å². The predicted octanol–water partition coefficient (Wildman–Crippen LogP) is 5.24. The number of furan rings is 1. The average molecular weight is 501 g/mol. The molecule has 0 spiro atoms. The number of anilines is 1. The van der Waals surface area contributed by atoms with Crippen molar-refractivity contribution in [3.05, 3.63) is 76.9 Å². The highest BCUT2D eigenvalue weighted by molar-refractivity contribution is 9.10. The molecule has 3 amide bonds. The Morgan fingerprint density at radius 3 is 2.53 bits per heavy atom. The molecule has 1 unspecified atom stereocenters. The molecule has 1 aromatic carbocycles. The van der Waals surface area contributed by atoms with E-state index in [1.165, 1.54) is 0 Å². The van der Waals surface area contributed by atoms with Crippen LogP contribution >= 0.6 is 15.9 Å². The molecule has 0 aliphatic carbocycles. The van der Waals surface area contributed by atoms with Crippen molar-refractivity contribution in [1.82, 2.24) is 14.4 Å². The second-order valence-electron chi connectivity index (χ2n) is 7.73. The van der Waals surface area contributed by atoms with Crippen molar-refractivity contribution >= 4 is 33.6 Å². The van der Waals surface area contributed by atoms with Gasteiger partial charge < -0.3 is 24.1 Å². The van der Waals surface area contributed by atoms with Crippen molar-refractivity contribution in [2.75, 3.05) is 11.9 Å². The van der Waals surface area contributed by atoms with Crippen molar-refractivity contribution < 1.29 is 14.0 Å². The van der Waals surface area contributed by atoms with E-state index in [0.717, 1.165) is 16.6 Å². The fourth-order valence-corrected chi connectivity index (χ4v) is 3.71. The summed E-state index contributed by atoms with van der Waals surface area (Å²) < 4.78 is 8.24. The molecule has 0 saturated heterocycles. The molecule has 0 aliphatic heterocycles.